The van der Waals surface area contributed by atoms with Gasteiger partial charge in [0.05, 0.1) is 0 Å². The first kappa shape index (κ1) is 18.9. The summed E-state index contributed by atoms with van der Waals surface area (Å²) in [4.78, 5) is 11.6. The largest absolute Gasteiger partial charge is 0.446 e. The molecule has 1 saturated carbocycles. The minimum absolute atomic E-state index is 0.0905. The average Bonchev–Trinajstić information content (AvgIpc) is 2.35. The van der Waals surface area contributed by atoms with Crippen LogP contribution < -0.4 is 5.32 Å². The Bertz CT molecular complexity index is 379. The number of carbonyl (C=O) groups is 1. The molecule has 3 nitrogen and oxygen atoms in total. The lowest BCUT2D eigenvalue weighted by Crippen LogP contribution is -2.67. The van der Waals surface area contributed by atoms with Gasteiger partial charge in [-0.15, -0.1) is 0 Å². The second kappa shape index (κ2) is 6.54. The molecule has 1 rings (SSSR count). The van der Waals surface area contributed by atoms with Crippen LogP contribution in [0.2, 0.25) is 0 Å². The summed E-state index contributed by atoms with van der Waals surface area (Å²) < 4.78 is 82.2. The molecule has 0 spiro atoms. The van der Waals surface area contributed by atoms with E-state index in [0.717, 1.165) is 24.6 Å². The number of halogens is 6. The van der Waals surface area contributed by atoms with E-state index >= 15 is 0 Å². The van der Waals surface area contributed by atoms with E-state index in [9.17, 15) is 31.1 Å². The van der Waals surface area contributed by atoms with Crippen molar-refractivity contribution in [2.75, 3.05) is 0 Å². The van der Waals surface area contributed by atoms with Gasteiger partial charge in [-0.3, -0.25) is 5.32 Å². The van der Waals surface area contributed by atoms with Crippen LogP contribution in [0.4, 0.5) is 31.1 Å². The van der Waals surface area contributed by atoms with Crippen LogP contribution in [-0.2, 0) is 4.74 Å². The fourth-order valence-corrected chi connectivity index (χ4v) is 2.59. The summed E-state index contributed by atoms with van der Waals surface area (Å²) in [5.41, 5.74) is -4.30. The van der Waals surface area contributed by atoms with Crippen LogP contribution in [-0.4, -0.2) is 30.1 Å². The van der Waals surface area contributed by atoms with E-state index in [4.69, 9.17) is 4.74 Å². The maximum Gasteiger partial charge on any atom is 0.420 e. The molecule has 1 amide bonds. The van der Waals surface area contributed by atoms with Crippen LogP contribution in [0.15, 0.2) is 0 Å². The molecule has 22 heavy (non-hydrogen) atoms. The number of hydrogen-bond donors (Lipinski definition) is 1. The Labute approximate surface area is 124 Å². The van der Waals surface area contributed by atoms with Crippen LogP contribution in [0, 0.1) is 5.92 Å². The molecule has 0 heterocycles. The van der Waals surface area contributed by atoms with Gasteiger partial charge in [0, 0.05) is 0 Å². The van der Waals surface area contributed by atoms with Gasteiger partial charge >= 0.3 is 18.4 Å². The van der Waals surface area contributed by atoms with Crippen molar-refractivity contribution < 1.29 is 35.9 Å². The quantitative estimate of drug-likeness (QED) is 0.768. The zero-order valence-corrected chi connectivity index (χ0v) is 12.3. The summed E-state index contributed by atoms with van der Waals surface area (Å²) in [6, 6.07) is 0. The topological polar surface area (TPSA) is 38.3 Å². The second-order valence-corrected chi connectivity index (χ2v) is 5.58. The van der Waals surface area contributed by atoms with Crippen LogP contribution in [0.25, 0.3) is 0 Å². The molecule has 1 aliphatic carbocycles. The number of alkyl halides is 6. The third-order valence-electron chi connectivity index (χ3n) is 4.10. The molecule has 0 unspecified atom stereocenters. The molecule has 0 bridgehead atoms. The molecular formula is C13H19F6NO2. The Hall–Kier alpha value is -1.15. The average molecular weight is 335 g/mol. The number of rotatable bonds is 3. The Kier molecular flexibility index (Phi) is 5.61. The van der Waals surface area contributed by atoms with E-state index in [2.05, 4.69) is 0 Å². The Morgan fingerprint density at radius 2 is 1.59 bits per heavy atom. The van der Waals surface area contributed by atoms with Gasteiger partial charge in [-0.2, -0.15) is 26.3 Å². The van der Waals surface area contributed by atoms with Crippen molar-refractivity contribution in [3.05, 3.63) is 0 Å². The lowest BCUT2D eigenvalue weighted by atomic mass is 9.88. The molecule has 130 valence electrons. The predicted octanol–water partition coefficient (Wildman–Crippen LogP) is 4.56. The maximum absolute atomic E-state index is 12.9. The van der Waals surface area contributed by atoms with Crippen molar-refractivity contribution in [2.24, 2.45) is 5.92 Å². The highest BCUT2D eigenvalue weighted by molar-refractivity contribution is 5.69. The van der Waals surface area contributed by atoms with Crippen molar-refractivity contribution in [1.29, 1.82) is 0 Å². The molecule has 1 aliphatic rings. The summed E-state index contributed by atoms with van der Waals surface area (Å²) in [6.45, 7) is 2.46. The Morgan fingerprint density at radius 3 is 2.00 bits per heavy atom. The molecule has 9 heteroatoms. The number of carbonyl (C=O) groups excluding carboxylic acids is 1. The first-order chi connectivity index (χ1) is 9.94. The standard InChI is InChI=1S/C13H19F6NO2/c1-3-11(12(14,15)16,13(17,18)19)20-10(21)22-9-7-5-4-6-8(9)2/h8-9H,3-7H2,1-2H3,(H,20,21)/t8-,9-/m0/s1. The minimum atomic E-state index is -5.67. The number of ether oxygens (including phenoxy) is 1. The summed E-state index contributed by atoms with van der Waals surface area (Å²) in [5.74, 6) is -0.0905. The smallest absolute Gasteiger partial charge is 0.420 e. The second-order valence-electron chi connectivity index (χ2n) is 5.58. The highest BCUT2D eigenvalue weighted by atomic mass is 19.4. The van der Waals surface area contributed by atoms with E-state index < -0.39 is 36.5 Å². The van der Waals surface area contributed by atoms with Crippen molar-refractivity contribution in [3.8, 4) is 0 Å². The van der Waals surface area contributed by atoms with E-state index in [0.29, 0.717) is 13.3 Å². The fraction of sp³-hybridized carbons (Fsp3) is 0.923. The molecule has 0 aliphatic heterocycles. The van der Waals surface area contributed by atoms with Gasteiger partial charge in [-0.25, -0.2) is 4.79 Å². The van der Waals surface area contributed by atoms with Gasteiger partial charge in [-0.1, -0.05) is 20.3 Å². The summed E-state index contributed by atoms with van der Waals surface area (Å²) >= 11 is 0. The van der Waals surface area contributed by atoms with Crippen molar-refractivity contribution in [3.63, 3.8) is 0 Å². The van der Waals surface area contributed by atoms with Crippen molar-refractivity contribution >= 4 is 6.09 Å². The van der Waals surface area contributed by atoms with E-state index in [1.807, 2.05) is 0 Å². The van der Waals surface area contributed by atoms with Gasteiger partial charge in [-0.05, 0) is 31.6 Å². The van der Waals surface area contributed by atoms with Gasteiger partial charge in [0.15, 0.2) is 0 Å². The van der Waals surface area contributed by atoms with E-state index in [-0.39, 0.29) is 5.92 Å². The molecule has 0 saturated heterocycles. The zero-order chi connectivity index (χ0) is 17.2. The Balaban J connectivity index is 2.88. The summed E-state index contributed by atoms with van der Waals surface area (Å²) in [7, 11) is 0. The van der Waals surface area contributed by atoms with Gasteiger partial charge < -0.3 is 4.74 Å². The first-order valence-corrected chi connectivity index (χ1v) is 7.07. The third-order valence-corrected chi connectivity index (χ3v) is 4.10. The van der Waals surface area contributed by atoms with Crippen LogP contribution in [0.5, 0.6) is 0 Å². The number of nitrogens with one attached hydrogen (secondary N) is 1. The lowest BCUT2D eigenvalue weighted by molar-refractivity contribution is -0.305. The lowest BCUT2D eigenvalue weighted by Gasteiger charge is -2.37. The maximum atomic E-state index is 12.9. The normalized spacial score (nSPS) is 24.0. The van der Waals surface area contributed by atoms with Crippen molar-refractivity contribution in [2.45, 2.75) is 69.9 Å². The number of hydrogen-bond acceptors (Lipinski definition) is 2. The molecule has 0 aromatic heterocycles. The van der Waals surface area contributed by atoms with Gasteiger partial charge in [0.25, 0.3) is 0 Å². The molecule has 2 atom stereocenters. The summed E-state index contributed by atoms with van der Waals surface area (Å²) in [6.07, 6.45) is -12.3. The highest BCUT2D eigenvalue weighted by Gasteiger charge is 2.71. The predicted molar refractivity (Wildman–Crippen MR) is 66.2 cm³/mol. The molecule has 1 N–H and O–H groups in total. The fourth-order valence-electron chi connectivity index (χ4n) is 2.59. The number of amides is 1. The van der Waals surface area contributed by atoms with E-state index in [1.54, 1.807) is 6.92 Å². The summed E-state index contributed by atoms with van der Waals surface area (Å²) in [5, 5.41) is 1.02. The van der Waals surface area contributed by atoms with Crippen molar-refractivity contribution in [1.82, 2.24) is 5.32 Å². The van der Waals surface area contributed by atoms with Crippen LogP contribution in [0.3, 0.4) is 0 Å². The van der Waals surface area contributed by atoms with Crippen LogP contribution >= 0.6 is 0 Å². The Morgan fingerprint density at radius 1 is 1.09 bits per heavy atom. The third kappa shape index (κ3) is 3.78. The van der Waals surface area contributed by atoms with Gasteiger partial charge in [0.1, 0.15) is 6.10 Å². The van der Waals surface area contributed by atoms with Gasteiger partial charge in [0.2, 0.25) is 5.54 Å². The SMILES string of the molecule is CCC(NC(=O)O[C@H]1CCCC[C@@H]1C)(C(F)(F)F)C(F)(F)F. The number of alkyl carbamates (subject to hydrolysis) is 1. The van der Waals surface area contributed by atoms with E-state index in [1.165, 1.54) is 0 Å². The monoisotopic (exact) mass is 335 g/mol. The molecule has 0 aromatic rings. The first-order valence-electron chi connectivity index (χ1n) is 7.07. The molecule has 0 aromatic carbocycles. The minimum Gasteiger partial charge on any atom is -0.446 e. The van der Waals surface area contributed by atoms with Crippen LogP contribution in [0.1, 0.15) is 46.0 Å². The highest BCUT2D eigenvalue weighted by Crippen LogP contribution is 2.45. The molecular weight excluding hydrogens is 316 g/mol. The zero-order valence-electron chi connectivity index (χ0n) is 12.3. The molecule has 0 radical (unpaired) electrons. The molecule has 1 fully saturated rings.